The second-order valence-electron chi connectivity index (χ2n) is 4.95. The van der Waals surface area contributed by atoms with E-state index in [1.807, 2.05) is 13.2 Å². The van der Waals surface area contributed by atoms with Crippen molar-refractivity contribution in [2.75, 3.05) is 20.7 Å². The Balaban J connectivity index is 2.66. The van der Waals surface area contributed by atoms with Crippen molar-refractivity contribution in [3.63, 3.8) is 0 Å². The Kier molecular flexibility index (Phi) is 3.68. The molecule has 2 atom stereocenters. The number of rotatable bonds is 6. The highest BCUT2D eigenvalue weighted by Gasteiger charge is 2.60. The Labute approximate surface area is 98.6 Å². The van der Waals surface area contributed by atoms with Gasteiger partial charge in [-0.05, 0) is 11.9 Å². The third kappa shape index (κ3) is 2.40. The lowest BCUT2D eigenvalue weighted by Crippen LogP contribution is -2.12. The van der Waals surface area contributed by atoms with E-state index in [4.69, 9.17) is 15.9 Å². The molecule has 0 aromatic heterocycles. The van der Waals surface area contributed by atoms with Crippen LogP contribution < -0.4 is 5.73 Å². The first-order valence-electron chi connectivity index (χ1n) is 5.45. The van der Waals surface area contributed by atoms with Crippen LogP contribution in [0.1, 0.15) is 20.3 Å². The molecule has 2 unspecified atom stereocenters. The van der Waals surface area contributed by atoms with Crippen LogP contribution in [0.2, 0.25) is 10.6 Å². The molecule has 0 aromatic rings. The molecule has 0 amide bonds. The van der Waals surface area contributed by atoms with Crippen molar-refractivity contribution >= 4 is 13.6 Å². The minimum Gasteiger partial charge on any atom is -0.500 e. The maximum absolute atomic E-state index is 7.11. The van der Waals surface area contributed by atoms with Crippen LogP contribution in [0, 0.1) is 5.41 Å². The van der Waals surface area contributed by atoms with E-state index < -0.39 is 0 Å². The van der Waals surface area contributed by atoms with Gasteiger partial charge in [0.05, 0.1) is 13.4 Å². The molecule has 0 aliphatic carbocycles. The average Bonchev–Trinajstić information content (AvgIpc) is 2.80. The zero-order valence-corrected chi connectivity index (χ0v) is 10.6. The average molecular weight is 222 g/mol. The molecule has 1 aliphatic heterocycles. The number of nitrogens with two attached hydrogens (primary N) is 1. The van der Waals surface area contributed by atoms with E-state index in [1.165, 1.54) is 6.34 Å². The molecule has 1 aliphatic rings. The largest absolute Gasteiger partial charge is 0.500 e. The van der Waals surface area contributed by atoms with Crippen LogP contribution in [0.5, 0.6) is 0 Å². The lowest BCUT2D eigenvalue weighted by atomic mass is 9.85. The van der Waals surface area contributed by atoms with Crippen LogP contribution in [0.4, 0.5) is 0 Å². The van der Waals surface area contributed by atoms with Gasteiger partial charge in [-0.25, -0.2) is 0 Å². The quantitative estimate of drug-likeness (QED) is 0.309. The monoisotopic (exact) mass is 222 g/mol. The number of nitrogens with zero attached hydrogens (tertiary/aromatic N) is 1. The molecule has 16 heavy (non-hydrogen) atoms. The second-order valence-corrected chi connectivity index (χ2v) is 4.95. The van der Waals surface area contributed by atoms with Crippen LogP contribution in [0.25, 0.3) is 0 Å². The molecule has 1 fully saturated rings. The molecule has 5 heteroatoms. The van der Waals surface area contributed by atoms with E-state index in [-0.39, 0.29) is 10.6 Å². The van der Waals surface area contributed by atoms with E-state index >= 15 is 0 Å². The number of nitrogens with one attached hydrogen (secondary N) is 1. The summed E-state index contributed by atoms with van der Waals surface area (Å²) in [4.78, 5) is 1.67. The van der Waals surface area contributed by atoms with E-state index in [0.29, 0.717) is 6.54 Å². The molecule has 0 spiro atoms. The molecule has 1 heterocycles. The Hall–Kier alpha value is -0.965. The fourth-order valence-electron chi connectivity index (χ4n) is 2.01. The van der Waals surface area contributed by atoms with Gasteiger partial charge in [0.25, 0.3) is 0 Å². The van der Waals surface area contributed by atoms with Crippen LogP contribution in [-0.2, 0) is 4.74 Å². The number of methoxy groups -OCH3 is 1. The fraction of sp³-hybridized carbons (Fsp3) is 0.727. The normalized spacial score (nSPS) is 32.9. The summed E-state index contributed by atoms with van der Waals surface area (Å²) in [6.07, 6.45) is 3.91. The summed E-state index contributed by atoms with van der Waals surface area (Å²) in [7, 11) is 5.75. The summed E-state index contributed by atoms with van der Waals surface area (Å²) in [6, 6.07) is 0. The molecule has 4 nitrogen and oxygen atoms in total. The summed E-state index contributed by atoms with van der Waals surface area (Å²) >= 11 is 0. The summed E-state index contributed by atoms with van der Waals surface area (Å²) < 4.78 is 5.33. The first-order valence-corrected chi connectivity index (χ1v) is 5.45. The standard InChI is InChI=1S/C11H21BN3O/c1-10(11(2,7-13)12-10)5-9(16-4)6-15(3)8-14/h6,8,14H,5,7,13H2,1-4H3/b9-6-,14-8?. The highest BCUT2D eigenvalue weighted by Crippen LogP contribution is 2.70. The second kappa shape index (κ2) is 4.49. The van der Waals surface area contributed by atoms with Gasteiger partial charge in [0.2, 0.25) is 0 Å². The summed E-state index contributed by atoms with van der Waals surface area (Å²) in [5, 5.41) is 7.35. The van der Waals surface area contributed by atoms with Gasteiger partial charge in [0.15, 0.2) is 0 Å². The molecule has 1 radical (unpaired) electrons. The van der Waals surface area contributed by atoms with E-state index in [2.05, 4.69) is 21.1 Å². The first-order chi connectivity index (χ1) is 7.40. The molecule has 0 saturated carbocycles. The van der Waals surface area contributed by atoms with Crippen LogP contribution in [-0.4, -0.2) is 39.2 Å². The third-order valence-electron chi connectivity index (χ3n) is 3.64. The SMILES string of the molecule is CO/C(=C\N(C)C=N)CC1(C)[B]C1(C)CN. The minimum absolute atomic E-state index is 0.118. The van der Waals surface area contributed by atoms with Gasteiger partial charge in [-0.15, -0.1) is 0 Å². The lowest BCUT2D eigenvalue weighted by molar-refractivity contribution is 0.259. The summed E-state index contributed by atoms with van der Waals surface area (Å²) in [6.45, 7) is 5.03. The van der Waals surface area contributed by atoms with Crippen molar-refractivity contribution in [2.45, 2.75) is 30.9 Å². The smallest absolute Gasteiger partial charge is 0.127 e. The Bertz CT molecular complexity index is 308. The highest BCUT2D eigenvalue weighted by atomic mass is 16.5. The van der Waals surface area contributed by atoms with Gasteiger partial charge in [-0.2, -0.15) is 0 Å². The highest BCUT2D eigenvalue weighted by molar-refractivity contribution is 6.59. The molecule has 0 bridgehead atoms. The van der Waals surface area contributed by atoms with Crippen molar-refractivity contribution in [2.24, 2.45) is 5.73 Å². The third-order valence-corrected chi connectivity index (χ3v) is 3.64. The lowest BCUT2D eigenvalue weighted by Gasteiger charge is -2.21. The van der Waals surface area contributed by atoms with Crippen molar-refractivity contribution in [1.82, 2.24) is 4.90 Å². The predicted octanol–water partition coefficient (Wildman–Crippen LogP) is 1.44. The molecule has 3 N–H and O–H groups in total. The number of hydrogen-bond donors (Lipinski definition) is 2. The predicted molar refractivity (Wildman–Crippen MR) is 67.8 cm³/mol. The van der Waals surface area contributed by atoms with Gasteiger partial charge in [0, 0.05) is 19.7 Å². The summed E-state index contributed by atoms with van der Waals surface area (Å²) in [5.41, 5.74) is 5.75. The first kappa shape index (κ1) is 13.1. The maximum Gasteiger partial charge on any atom is 0.127 e. The zero-order valence-electron chi connectivity index (χ0n) is 10.6. The van der Waals surface area contributed by atoms with E-state index in [9.17, 15) is 0 Å². The number of ether oxygens (including phenoxy) is 1. The van der Waals surface area contributed by atoms with Crippen molar-refractivity contribution < 1.29 is 4.74 Å². The van der Waals surface area contributed by atoms with E-state index in [0.717, 1.165) is 12.2 Å². The van der Waals surface area contributed by atoms with Gasteiger partial charge in [-0.1, -0.05) is 19.2 Å². The topological polar surface area (TPSA) is 62.3 Å². The molecule has 1 rings (SSSR count). The molecular formula is C11H21BN3O. The van der Waals surface area contributed by atoms with Gasteiger partial charge in [0.1, 0.15) is 13.0 Å². The molecule has 1 saturated heterocycles. The van der Waals surface area contributed by atoms with Gasteiger partial charge >= 0.3 is 0 Å². The number of hydrogen-bond acceptors (Lipinski definition) is 3. The van der Waals surface area contributed by atoms with Crippen molar-refractivity contribution in [3.8, 4) is 0 Å². The van der Waals surface area contributed by atoms with Gasteiger partial charge < -0.3 is 15.4 Å². The van der Waals surface area contributed by atoms with E-state index in [1.54, 1.807) is 12.0 Å². The minimum atomic E-state index is 0.118. The van der Waals surface area contributed by atoms with Crippen LogP contribution in [0.15, 0.2) is 12.0 Å². The summed E-state index contributed by atoms with van der Waals surface area (Å²) in [5.74, 6) is 0.877. The fourth-order valence-corrected chi connectivity index (χ4v) is 2.01. The molecular weight excluding hydrogens is 201 g/mol. The Morgan fingerprint density at radius 3 is 2.50 bits per heavy atom. The van der Waals surface area contributed by atoms with Crippen LogP contribution >= 0.6 is 0 Å². The van der Waals surface area contributed by atoms with Gasteiger partial charge in [-0.3, -0.25) is 5.41 Å². The Morgan fingerprint density at radius 2 is 2.12 bits per heavy atom. The van der Waals surface area contributed by atoms with Crippen molar-refractivity contribution in [1.29, 1.82) is 5.41 Å². The molecule has 0 aromatic carbocycles. The zero-order chi connectivity index (χ0) is 12.4. The number of allylic oxidation sites excluding steroid dienone is 1. The Morgan fingerprint density at radius 1 is 1.50 bits per heavy atom. The van der Waals surface area contributed by atoms with Crippen LogP contribution in [0.3, 0.4) is 0 Å². The molecule has 89 valence electrons. The van der Waals surface area contributed by atoms with Crippen molar-refractivity contribution in [3.05, 3.63) is 12.0 Å². The maximum atomic E-state index is 7.11.